The molecule has 0 aromatic rings. The van der Waals surface area contributed by atoms with Gasteiger partial charge in [0.1, 0.15) is 6.10 Å². The molecule has 2 N–H and O–H groups in total. The largest absolute Gasteiger partial charge is 0.462 e. The Morgan fingerprint density at radius 2 is 1.94 bits per heavy atom. The average Bonchev–Trinajstić information content (AvgIpc) is 2.19. The third-order valence-corrected chi connectivity index (χ3v) is 4.11. The summed E-state index contributed by atoms with van der Waals surface area (Å²) in [4.78, 5) is 11.7. The molecule has 0 bridgehead atoms. The van der Waals surface area contributed by atoms with Gasteiger partial charge in [-0.1, -0.05) is 6.92 Å². The molecule has 2 aliphatic carbocycles. The lowest BCUT2D eigenvalue weighted by molar-refractivity contribution is -0.153. The van der Waals surface area contributed by atoms with Crippen molar-refractivity contribution in [3.05, 3.63) is 0 Å². The maximum atomic E-state index is 11.7. The molecule has 0 saturated heterocycles. The highest BCUT2D eigenvalue weighted by Gasteiger charge is 2.36. The molecular formula is C13H23NO2. The fraction of sp³-hybridized carbons (Fsp3) is 0.923. The summed E-state index contributed by atoms with van der Waals surface area (Å²) < 4.78 is 5.49. The maximum Gasteiger partial charge on any atom is 0.307 e. The number of ether oxygens (including phenoxy) is 1. The van der Waals surface area contributed by atoms with Crippen LogP contribution in [0.3, 0.4) is 0 Å². The quantitative estimate of drug-likeness (QED) is 0.750. The van der Waals surface area contributed by atoms with Crippen LogP contribution in [0, 0.1) is 5.92 Å². The summed E-state index contributed by atoms with van der Waals surface area (Å²) >= 11 is 0. The first-order valence-corrected chi connectivity index (χ1v) is 6.56. The Morgan fingerprint density at radius 3 is 2.44 bits per heavy atom. The molecule has 0 aromatic heterocycles. The van der Waals surface area contributed by atoms with Crippen LogP contribution in [0.5, 0.6) is 0 Å². The second kappa shape index (κ2) is 4.74. The lowest BCUT2D eigenvalue weighted by Gasteiger charge is -2.37. The van der Waals surface area contributed by atoms with Crippen LogP contribution < -0.4 is 5.73 Å². The van der Waals surface area contributed by atoms with E-state index < -0.39 is 0 Å². The Bertz CT molecular complexity index is 253. The fourth-order valence-electron chi connectivity index (χ4n) is 2.67. The molecule has 2 rings (SSSR count). The first-order valence-electron chi connectivity index (χ1n) is 6.56. The van der Waals surface area contributed by atoms with Crippen molar-refractivity contribution < 1.29 is 9.53 Å². The summed E-state index contributed by atoms with van der Waals surface area (Å²) in [6, 6.07) is 0. The molecule has 0 unspecified atom stereocenters. The van der Waals surface area contributed by atoms with Crippen molar-refractivity contribution in [2.24, 2.45) is 11.7 Å². The van der Waals surface area contributed by atoms with Crippen molar-refractivity contribution in [3.63, 3.8) is 0 Å². The second-order valence-corrected chi connectivity index (χ2v) is 5.76. The number of hydrogen-bond acceptors (Lipinski definition) is 3. The van der Waals surface area contributed by atoms with Crippen molar-refractivity contribution in [1.82, 2.24) is 0 Å². The van der Waals surface area contributed by atoms with Gasteiger partial charge in [0, 0.05) is 5.54 Å². The zero-order chi connectivity index (χ0) is 11.6. The number of rotatable bonds is 3. The van der Waals surface area contributed by atoms with Crippen LogP contribution in [0.2, 0.25) is 0 Å². The normalized spacial score (nSPS) is 32.9. The van der Waals surface area contributed by atoms with Crippen molar-refractivity contribution in [1.29, 1.82) is 0 Å². The molecule has 3 nitrogen and oxygen atoms in total. The van der Waals surface area contributed by atoms with E-state index in [1.807, 2.05) is 0 Å². The summed E-state index contributed by atoms with van der Waals surface area (Å²) in [5, 5.41) is 0. The van der Waals surface area contributed by atoms with Crippen LogP contribution in [0.1, 0.15) is 58.3 Å². The van der Waals surface area contributed by atoms with Crippen molar-refractivity contribution in [2.75, 3.05) is 0 Å². The molecule has 0 radical (unpaired) electrons. The minimum absolute atomic E-state index is 0.0817. The minimum atomic E-state index is -0.237. The highest BCUT2D eigenvalue weighted by atomic mass is 16.5. The third kappa shape index (κ3) is 2.97. The Hall–Kier alpha value is -0.570. The summed E-state index contributed by atoms with van der Waals surface area (Å²) in [5.74, 6) is 0.712. The first kappa shape index (κ1) is 11.9. The molecule has 92 valence electrons. The molecule has 0 heterocycles. The van der Waals surface area contributed by atoms with Crippen LogP contribution in [-0.4, -0.2) is 17.6 Å². The smallest absolute Gasteiger partial charge is 0.307 e. The fourth-order valence-corrected chi connectivity index (χ4v) is 2.67. The highest BCUT2D eigenvalue weighted by molar-refractivity contribution is 5.71. The van der Waals surface area contributed by atoms with Crippen LogP contribution >= 0.6 is 0 Å². The number of nitrogens with two attached hydrogens (primary N) is 1. The molecule has 2 fully saturated rings. The molecule has 0 atom stereocenters. The van der Waals surface area contributed by atoms with Gasteiger partial charge in [0.25, 0.3) is 0 Å². The van der Waals surface area contributed by atoms with Gasteiger partial charge in [-0.05, 0) is 50.9 Å². The molecule has 0 aromatic carbocycles. The SMILES string of the molecule is CC1CCC(OC(=O)CC2(N)CCC2)CC1. The van der Waals surface area contributed by atoms with Gasteiger partial charge in [0.2, 0.25) is 0 Å². The van der Waals surface area contributed by atoms with Gasteiger partial charge in [0.15, 0.2) is 0 Å². The average molecular weight is 225 g/mol. The summed E-state index contributed by atoms with van der Waals surface area (Å²) in [6.07, 6.45) is 8.12. The topological polar surface area (TPSA) is 52.3 Å². The Kier molecular flexibility index (Phi) is 3.53. The number of carbonyl (C=O) groups excluding carboxylic acids is 1. The van der Waals surface area contributed by atoms with Gasteiger partial charge in [-0.25, -0.2) is 0 Å². The molecular weight excluding hydrogens is 202 g/mol. The lowest BCUT2D eigenvalue weighted by atomic mass is 9.75. The van der Waals surface area contributed by atoms with Crippen LogP contribution in [0.25, 0.3) is 0 Å². The molecule has 16 heavy (non-hydrogen) atoms. The molecule has 3 heteroatoms. The van der Waals surface area contributed by atoms with Gasteiger partial charge in [0.05, 0.1) is 6.42 Å². The number of hydrogen-bond donors (Lipinski definition) is 1. The van der Waals surface area contributed by atoms with Gasteiger partial charge >= 0.3 is 5.97 Å². The van der Waals surface area contributed by atoms with Crippen molar-refractivity contribution in [3.8, 4) is 0 Å². The van der Waals surface area contributed by atoms with Gasteiger partial charge < -0.3 is 10.5 Å². The summed E-state index contributed by atoms with van der Waals surface area (Å²) in [7, 11) is 0. The highest BCUT2D eigenvalue weighted by Crippen LogP contribution is 2.33. The van der Waals surface area contributed by atoms with E-state index in [2.05, 4.69) is 6.92 Å². The molecule has 2 saturated carbocycles. The maximum absolute atomic E-state index is 11.7. The number of carbonyl (C=O) groups is 1. The number of esters is 1. The summed E-state index contributed by atoms with van der Waals surface area (Å²) in [5.41, 5.74) is 5.79. The Balaban J connectivity index is 1.70. The van der Waals surface area contributed by atoms with Crippen LogP contribution in [-0.2, 0) is 9.53 Å². The molecule has 2 aliphatic rings. The van der Waals surface area contributed by atoms with Crippen LogP contribution in [0.15, 0.2) is 0 Å². The zero-order valence-electron chi connectivity index (χ0n) is 10.2. The Labute approximate surface area is 97.7 Å². The minimum Gasteiger partial charge on any atom is -0.462 e. The predicted octanol–water partition coefficient (Wildman–Crippen LogP) is 2.38. The summed E-state index contributed by atoms with van der Waals surface area (Å²) in [6.45, 7) is 2.27. The van der Waals surface area contributed by atoms with Gasteiger partial charge in [-0.15, -0.1) is 0 Å². The van der Waals surface area contributed by atoms with Crippen LogP contribution in [0.4, 0.5) is 0 Å². The first-order chi connectivity index (χ1) is 7.57. The van der Waals surface area contributed by atoms with Crippen molar-refractivity contribution >= 4 is 5.97 Å². The molecule has 0 aliphatic heterocycles. The van der Waals surface area contributed by atoms with Crippen molar-refractivity contribution in [2.45, 2.75) is 69.9 Å². The Morgan fingerprint density at radius 1 is 1.31 bits per heavy atom. The van der Waals surface area contributed by atoms with E-state index in [4.69, 9.17) is 10.5 Å². The standard InChI is InChI=1S/C13H23NO2/c1-10-3-5-11(6-4-10)16-12(15)9-13(14)7-2-8-13/h10-11H,2-9,14H2,1H3. The predicted molar refractivity (Wildman–Crippen MR) is 62.9 cm³/mol. The second-order valence-electron chi connectivity index (χ2n) is 5.76. The van der Waals surface area contributed by atoms with E-state index in [1.54, 1.807) is 0 Å². The lowest BCUT2D eigenvalue weighted by Crippen LogP contribution is -2.48. The van der Waals surface area contributed by atoms with Gasteiger partial charge in [-0.2, -0.15) is 0 Å². The van der Waals surface area contributed by atoms with Gasteiger partial charge in [-0.3, -0.25) is 4.79 Å². The van der Waals surface area contributed by atoms with E-state index in [-0.39, 0.29) is 17.6 Å². The monoisotopic (exact) mass is 225 g/mol. The van der Waals surface area contributed by atoms with E-state index in [0.717, 1.165) is 38.0 Å². The van der Waals surface area contributed by atoms with E-state index in [1.165, 1.54) is 12.8 Å². The van der Waals surface area contributed by atoms with E-state index in [0.29, 0.717) is 6.42 Å². The third-order valence-electron chi connectivity index (χ3n) is 4.11. The molecule has 0 spiro atoms. The zero-order valence-corrected chi connectivity index (χ0v) is 10.2. The van der Waals surface area contributed by atoms with E-state index >= 15 is 0 Å². The molecule has 0 amide bonds. The van der Waals surface area contributed by atoms with E-state index in [9.17, 15) is 4.79 Å².